The summed E-state index contributed by atoms with van der Waals surface area (Å²) in [7, 11) is 0. The fourth-order valence-corrected chi connectivity index (χ4v) is 4.85. The molecule has 1 aliphatic heterocycles. The van der Waals surface area contributed by atoms with Gasteiger partial charge in [-0.05, 0) is 33.8 Å². The first-order valence-electron chi connectivity index (χ1n) is 11.3. The van der Waals surface area contributed by atoms with Crippen LogP contribution in [-0.2, 0) is 0 Å². The summed E-state index contributed by atoms with van der Waals surface area (Å²) >= 11 is 6.31. The lowest BCUT2D eigenvalue weighted by Crippen LogP contribution is -2.51. The number of hydrogen-bond acceptors (Lipinski definition) is 7. The molecule has 1 aliphatic rings. The number of nitrogens with two attached hydrogens (primary N) is 1. The summed E-state index contributed by atoms with van der Waals surface area (Å²) in [6, 6.07) is 0.744. The van der Waals surface area contributed by atoms with Crippen LogP contribution in [0.5, 0.6) is 5.75 Å². The number of alkyl halides is 2. The molecule has 1 saturated heterocycles. The van der Waals surface area contributed by atoms with Crippen LogP contribution in [0.1, 0.15) is 62.9 Å². The fraction of sp³-hybridized carbons (Fsp3) is 0.522. The number of nitrogens with zero attached hydrogens (tertiary/aromatic N) is 5. The lowest BCUT2D eigenvalue weighted by atomic mass is 9.87. The maximum absolute atomic E-state index is 15.3. The van der Waals surface area contributed by atoms with Crippen molar-refractivity contribution in [2.45, 2.75) is 51.7 Å². The van der Waals surface area contributed by atoms with Gasteiger partial charge in [-0.1, -0.05) is 11.6 Å². The SMILES string of the molecule is CCOc1c([C@H](C)n2nc(C(F)F)c3c(N)ncnc32)cc(Cl)c(F)c1C1CN(CC(C)(C)O)C1. The quantitative estimate of drug-likeness (QED) is 0.463. The molecule has 0 spiro atoms. The largest absolute Gasteiger partial charge is 0.493 e. The predicted octanol–water partition coefficient (Wildman–Crippen LogP) is 4.32. The Hall–Kier alpha value is -2.63. The molecule has 0 bridgehead atoms. The van der Waals surface area contributed by atoms with Crippen molar-refractivity contribution in [3.05, 3.63) is 40.1 Å². The third kappa shape index (κ3) is 4.76. The Morgan fingerprint density at radius 1 is 1.31 bits per heavy atom. The van der Waals surface area contributed by atoms with Gasteiger partial charge in [0, 0.05) is 36.7 Å². The molecule has 8 nitrogen and oxygen atoms in total. The lowest BCUT2D eigenvalue weighted by Gasteiger charge is -2.43. The summed E-state index contributed by atoms with van der Waals surface area (Å²) < 4.78 is 50.1. The molecule has 190 valence electrons. The molecule has 3 N–H and O–H groups in total. The molecule has 35 heavy (non-hydrogen) atoms. The molecule has 1 aromatic carbocycles. The second-order valence-corrected chi connectivity index (χ2v) is 9.81. The van der Waals surface area contributed by atoms with E-state index in [0.717, 1.165) is 0 Å². The van der Waals surface area contributed by atoms with Gasteiger partial charge in [0.1, 0.15) is 29.4 Å². The summed E-state index contributed by atoms with van der Waals surface area (Å²) in [5.41, 5.74) is 5.39. The van der Waals surface area contributed by atoms with E-state index in [1.54, 1.807) is 27.7 Å². The van der Waals surface area contributed by atoms with Gasteiger partial charge in [0.25, 0.3) is 6.43 Å². The van der Waals surface area contributed by atoms with Gasteiger partial charge >= 0.3 is 0 Å². The van der Waals surface area contributed by atoms with Crippen LogP contribution in [0.15, 0.2) is 12.4 Å². The van der Waals surface area contributed by atoms with Crippen molar-refractivity contribution in [3.8, 4) is 5.75 Å². The molecule has 4 rings (SSSR count). The molecule has 2 aromatic heterocycles. The van der Waals surface area contributed by atoms with Crippen LogP contribution in [0, 0.1) is 5.82 Å². The number of β-amino-alcohol motifs (C(OH)–C–C–N with tert-alkyl or cyclic N) is 1. The van der Waals surface area contributed by atoms with Gasteiger partial charge in [0.05, 0.1) is 28.7 Å². The number of benzene rings is 1. The van der Waals surface area contributed by atoms with Gasteiger partial charge in [-0.15, -0.1) is 0 Å². The molecule has 0 aliphatic carbocycles. The monoisotopic (exact) mass is 512 g/mol. The Labute approximate surface area is 205 Å². The molecule has 0 saturated carbocycles. The maximum atomic E-state index is 15.3. The van der Waals surface area contributed by atoms with Crippen LogP contribution in [0.2, 0.25) is 5.02 Å². The number of ether oxygens (including phenoxy) is 1. The van der Waals surface area contributed by atoms with Gasteiger partial charge in [-0.2, -0.15) is 5.10 Å². The highest BCUT2D eigenvalue weighted by Gasteiger charge is 2.37. The third-order valence-electron chi connectivity index (χ3n) is 6.07. The van der Waals surface area contributed by atoms with Crippen molar-refractivity contribution in [2.75, 3.05) is 32.0 Å². The van der Waals surface area contributed by atoms with E-state index < -0.39 is 29.6 Å². The number of anilines is 1. The molecule has 3 heterocycles. The summed E-state index contributed by atoms with van der Waals surface area (Å²) in [4.78, 5) is 9.97. The summed E-state index contributed by atoms with van der Waals surface area (Å²) in [5, 5.41) is 14.1. The minimum atomic E-state index is -2.89. The Balaban J connectivity index is 1.81. The van der Waals surface area contributed by atoms with Crippen molar-refractivity contribution in [1.29, 1.82) is 0 Å². The third-order valence-corrected chi connectivity index (χ3v) is 6.34. The van der Waals surface area contributed by atoms with Crippen molar-refractivity contribution < 1.29 is 23.0 Å². The van der Waals surface area contributed by atoms with E-state index in [2.05, 4.69) is 15.1 Å². The van der Waals surface area contributed by atoms with Crippen LogP contribution in [0.25, 0.3) is 11.0 Å². The van der Waals surface area contributed by atoms with E-state index in [-0.39, 0.29) is 34.4 Å². The Bertz CT molecular complexity index is 1240. The highest BCUT2D eigenvalue weighted by Crippen LogP contribution is 2.44. The summed E-state index contributed by atoms with van der Waals surface area (Å²) in [5.74, 6) is -0.594. The summed E-state index contributed by atoms with van der Waals surface area (Å²) in [6.07, 6.45) is -1.72. The van der Waals surface area contributed by atoms with Crippen molar-refractivity contribution >= 4 is 28.5 Å². The average Bonchev–Trinajstić information content (AvgIpc) is 3.14. The molecular formula is C23H28ClF3N6O2. The minimum Gasteiger partial charge on any atom is -0.493 e. The molecule has 0 amide bonds. The van der Waals surface area contributed by atoms with Crippen LogP contribution in [0.3, 0.4) is 0 Å². The van der Waals surface area contributed by atoms with E-state index in [0.29, 0.717) is 36.5 Å². The van der Waals surface area contributed by atoms with Gasteiger partial charge in [0.15, 0.2) is 5.65 Å². The Morgan fingerprint density at radius 3 is 2.60 bits per heavy atom. The zero-order valence-electron chi connectivity index (χ0n) is 19.9. The number of nitrogen functional groups attached to an aromatic ring is 1. The smallest absolute Gasteiger partial charge is 0.282 e. The first kappa shape index (κ1) is 25.5. The van der Waals surface area contributed by atoms with Gasteiger partial charge < -0.3 is 15.6 Å². The number of likely N-dealkylation sites (tertiary alicyclic amines) is 1. The highest BCUT2D eigenvalue weighted by atomic mass is 35.5. The second-order valence-electron chi connectivity index (χ2n) is 9.40. The van der Waals surface area contributed by atoms with Gasteiger partial charge in [-0.25, -0.2) is 27.8 Å². The van der Waals surface area contributed by atoms with E-state index >= 15 is 4.39 Å². The van der Waals surface area contributed by atoms with E-state index in [4.69, 9.17) is 22.1 Å². The number of aliphatic hydroxyl groups is 1. The van der Waals surface area contributed by atoms with E-state index in [1.165, 1.54) is 17.1 Å². The summed E-state index contributed by atoms with van der Waals surface area (Å²) in [6.45, 7) is 8.64. The van der Waals surface area contributed by atoms with Crippen LogP contribution < -0.4 is 10.5 Å². The van der Waals surface area contributed by atoms with Crippen LogP contribution in [0.4, 0.5) is 19.0 Å². The van der Waals surface area contributed by atoms with Crippen LogP contribution >= 0.6 is 11.6 Å². The molecule has 1 atom stereocenters. The maximum Gasteiger partial charge on any atom is 0.282 e. The predicted molar refractivity (Wildman–Crippen MR) is 127 cm³/mol. The Kier molecular flexibility index (Phi) is 6.87. The number of aromatic nitrogens is 4. The fourth-order valence-electron chi connectivity index (χ4n) is 4.64. The van der Waals surface area contributed by atoms with Gasteiger partial charge in [0.2, 0.25) is 0 Å². The minimum absolute atomic E-state index is 0.0259. The zero-order chi connectivity index (χ0) is 25.7. The van der Waals surface area contributed by atoms with Crippen molar-refractivity contribution in [3.63, 3.8) is 0 Å². The molecular weight excluding hydrogens is 485 g/mol. The normalized spacial score (nSPS) is 16.2. The van der Waals surface area contributed by atoms with Crippen molar-refractivity contribution in [2.24, 2.45) is 0 Å². The molecule has 0 unspecified atom stereocenters. The van der Waals surface area contributed by atoms with E-state index in [9.17, 15) is 13.9 Å². The first-order chi connectivity index (χ1) is 16.4. The lowest BCUT2D eigenvalue weighted by molar-refractivity contribution is 0.00657. The second kappa shape index (κ2) is 9.44. The zero-order valence-corrected chi connectivity index (χ0v) is 20.7. The topological polar surface area (TPSA) is 102 Å². The first-order valence-corrected chi connectivity index (χ1v) is 11.7. The number of hydrogen-bond donors (Lipinski definition) is 2. The molecule has 3 aromatic rings. The van der Waals surface area contributed by atoms with Crippen LogP contribution in [-0.4, -0.2) is 61.6 Å². The molecule has 0 radical (unpaired) electrons. The van der Waals surface area contributed by atoms with E-state index in [1.807, 2.05) is 4.90 Å². The number of rotatable bonds is 8. The molecule has 1 fully saturated rings. The standard InChI is InChI=1S/C23H28ClF3N6O2/c1-5-35-19-13(6-14(24)17(25)15(19)12-7-32(8-12)9-23(3,4)34)11(2)33-22-16(18(31-33)20(26)27)21(28)29-10-30-22/h6,10-12,20,34H,5,7-9H2,1-4H3,(H2,28,29,30)/t11-/m0/s1. The number of halogens is 4. The van der Waals surface area contributed by atoms with Gasteiger partial charge in [-0.3, -0.25) is 4.90 Å². The average molecular weight is 513 g/mol. The highest BCUT2D eigenvalue weighted by molar-refractivity contribution is 6.31. The number of fused-ring (bicyclic) bond motifs is 1. The van der Waals surface area contributed by atoms with Crippen molar-refractivity contribution in [1.82, 2.24) is 24.6 Å². The molecule has 12 heteroatoms. The Morgan fingerprint density at radius 2 is 2.00 bits per heavy atom.